The molecule has 0 aliphatic heterocycles. The number of benzene rings is 1. The molecule has 3 aromatic heterocycles. The van der Waals surface area contributed by atoms with Gasteiger partial charge in [-0.3, -0.25) is 9.88 Å². The fourth-order valence-corrected chi connectivity index (χ4v) is 3.60. The van der Waals surface area contributed by atoms with Gasteiger partial charge in [-0.1, -0.05) is 12.1 Å². The molecule has 0 unspecified atom stereocenters. The van der Waals surface area contributed by atoms with Crippen molar-refractivity contribution < 1.29 is 13.9 Å². The van der Waals surface area contributed by atoms with E-state index in [2.05, 4.69) is 4.98 Å². The van der Waals surface area contributed by atoms with E-state index in [1.165, 1.54) is 17.0 Å². The largest absolute Gasteiger partial charge is 0.443 e. The van der Waals surface area contributed by atoms with Crippen molar-refractivity contribution in [1.29, 1.82) is 0 Å². The Kier molecular flexibility index (Phi) is 5.84. The summed E-state index contributed by atoms with van der Waals surface area (Å²) in [6.07, 6.45) is 2.91. The van der Waals surface area contributed by atoms with Gasteiger partial charge in [-0.15, -0.1) is 0 Å². The first-order valence-electron chi connectivity index (χ1n) is 10.6. The number of aromatic nitrogens is 4. The first kappa shape index (κ1) is 22.4. The molecule has 0 radical (unpaired) electrons. The zero-order valence-corrected chi connectivity index (χ0v) is 19.3. The molecular formula is C25H26FN5O2. The maximum absolute atomic E-state index is 13.5. The number of ether oxygens (including phenoxy) is 1. The highest BCUT2D eigenvalue weighted by Crippen LogP contribution is 2.31. The maximum Gasteiger partial charge on any atom is 0.416 e. The van der Waals surface area contributed by atoms with Crippen LogP contribution in [0.1, 0.15) is 37.7 Å². The molecule has 3 heterocycles. The number of nitrogens with zero attached hydrogens (tertiary/aromatic N) is 5. The Balaban J connectivity index is 1.88. The summed E-state index contributed by atoms with van der Waals surface area (Å²) in [4.78, 5) is 23.6. The molecule has 4 rings (SSSR count). The standard InChI is InChI=1S/C25H26FN5O2/c1-16-14-21(31-23(28-16)22(17(2)29-31)19-10-12-27-13-11-19)30(24(32)33-25(3,4)5)15-18-6-8-20(26)9-7-18/h6-14H,15H2,1-5H3. The van der Waals surface area contributed by atoms with Crippen LogP contribution in [0.25, 0.3) is 16.8 Å². The number of halogens is 1. The van der Waals surface area contributed by atoms with Crippen LogP contribution in [-0.4, -0.2) is 31.3 Å². The van der Waals surface area contributed by atoms with Gasteiger partial charge in [-0.2, -0.15) is 9.61 Å². The summed E-state index contributed by atoms with van der Waals surface area (Å²) in [6, 6.07) is 11.6. The lowest BCUT2D eigenvalue weighted by molar-refractivity contribution is 0.0575. The summed E-state index contributed by atoms with van der Waals surface area (Å²) < 4.78 is 20.8. The van der Waals surface area contributed by atoms with E-state index in [1.54, 1.807) is 35.1 Å². The van der Waals surface area contributed by atoms with Crippen molar-refractivity contribution in [1.82, 2.24) is 19.6 Å². The molecule has 170 valence electrons. The second-order valence-corrected chi connectivity index (χ2v) is 8.88. The van der Waals surface area contributed by atoms with Crippen molar-refractivity contribution in [3.63, 3.8) is 0 Å². The number of hydrogen-bond acceptors (Lipinski definition) is 5. The number of aryl methyl sites for hydroxylation is 2. The summed E-state index contributed by atoms with van der Waals surface area (Å²) in [5.74, 6) is 0.175. The minimum absolute atomic E-state index is 0.178. The molecule has 1 amide bonds. The average molecular weight is 448 g/mol. The molecule has 0 saturated heterocycles. The first-order valence-corrected chi connectivity index (χ1v) is 10.6. The Morgan fingerprint density at radius 1 is 1.09 bits per heavy atom. The minimum atomic E-state index is -0.693. The second kappa shape index (κ2) is 8.61. The van der Waals surface area contributed by atoms with Gasteiger partial charge in [0.15, 0.2) is 5.65 Å². The Bertz CT molecular complexity index is 1290. The van der Waals surface area contributed by atoms with E-state index >= 15 is 0 Å². The second-order valence-electron chi connectivity index (χ2n) is 8.88. The number of rotatable bonds is 4. The van der Waals surface area contributed by atoms with Crippen molar-refractivity contribution in [2.45, 2.75) is 46.8 Å². The van der Waals surface area contributed by atoms with Gasteiger partial charge in [0.05, 0.1) is 12.2 Å². The van der Waals surface area contributed by atoms with E-state index in [9.17, 15) is 9.18 Å². The molecule has 4 aromatic rings. The van der Waals surface area contributed by atoms with Crippen molar-refractivity contribution >= 4 is 17.6 Å². The third-order valence-corrected chi connectivity index (χ3v) is 4.99. The maximum atomic E-state index is 13.5. The quantitative estimate of drug-likeness (QED) is 0.414. The van der Waals surface area contributed by atoms with Gasteiger partial charge in [-0.05, 0) is 70.0 Å². The number of anilines is 1. The van der Waals surface area contributed by atoms with Crippen LogP contribution in [0, 0.1) is 19.7 Å². The summed E-state index contributed by atoms with van der Waals surface area (Å²) in [5.41, 5.74) is 3.98. The van der Waals surface area contributed by atoms with Crippen molar-refractivity contribution in [2.75, 3.05) is 4.90 Å². The monoisotopic (exact) mass is 447 g/mol. The average Bonchev–Trinajstić information content (AvgIpc) is 3.07. The fourth-order valence-electron chi connectivity index (χ4n) is 3.60. The van der Waals surface area contributed by atoms with Gasteiger partial charge >= 0.3 is 6.09 Å². The number of hydrogen-bond donors (Lipinski definition) is 0. The zero-order chi connectivity index (χ0) is 23.8. The van der Waals surface area contributed by atoms with E-state index in [-0.39, 0.29) is 12.4 Å². The van der Waals surface area contributed by atoms with Crippen LogP contribution in [0.2, 0.25) is 0 Å². The highest BCUT2D eigenvalue weighted by Gasteiger charge is 2.27. The number of pyridine rings is 1. The van der Waals surface area contributed by atoms with Gasteiger partial charge in [0.25, 0.3) is 0 Å². The molecule has 0 bridgehead atoms. The molecule has 0 atom stereocenters. The summed E-state index contributed by atoms with van der Waals surface area (Å²) in [6.45, 7) is 9.39. The van der Waals surface area contributed by atoms with Crippen molar-refractivity contribution in [3.05, 3.63) is 77.6 Å². The van der Waals surface area contributed by atoms with Crippen LogP contribution < -0.4 is 4.90 Å². The normalized spacial score (nSPS) is 11.6. The lowest BCUT2D eigenvalue weighted by Gasteiger charge is -2.28. The molecular weight excluding hydrogens is 421 g/mol. The van der Waals surface area contributed by atoms with Gasteiger partial charge in [0.2, 0.25) is 0 Å². The minimum Gasteiger partial charge on any atom is -0.443 e. The molecule has 0 N–H and O–H groups in total. The van der Waals surface area contributed by atoms with E-state index in [0.29, 0.717) is 11.5 Å². The summed E-state index contributed by atoms with van der Waals surface area (Å²) in [7, 11) is 0. The fraction of sp³-hybridized carbons (Fsp3) is 0.280. The topological polar surface area (TPSA) is 72.6 Å². The highest BCUT2D eigenvalue weighted by molar-refractivity contribution is 5.88. The number of carbonyl (C=O) groups is 1. The molecule has 33 heavy (non-hydrogen) atoms. The molecule has 0 fully saturated rings. The van der Waals surface area contributed by atoms with Gasteiger partial charge in [-0.25, -0.2) is 14.2 Å². The lowest BCUT2D eigenvalue weighted by Crippen LogP contribution is -2.37. The molecule has 7 nitrogen and oxygen atoms in total. The molecule has 0 aliphatic rings. The summed E-state index contributed by atoms with van der Waals surface area (Å²) >= 11 is 0. The molecule has 1 aromatic carbocycles. The number of amides is 1. The number of carbonyl (C=O) groups excluding carboxylic acids is 1. The van der Waals surface area contributed by atoms with E-state index in [4.69, 9.17) is 14.8 Å². The predicted molar refractivity (Wildman–Crippen MR) is 125 cm³/mol. The van der Waals surface area contributed by atoms with Crippen LogP contribution in [-0.2, 0) is 11.3 Å². The first-order chi connectivity index (χ1) is 15.6. The van der Waals surface area contributed by atoms with Crippen LogP contribution in [0.4, 0.5) is 15.0 Å². The van der Waals surface area contributed by atoms with E-state index in [1.807, 2.05) is 46.8 Å². The van der Waals surface area contributed by atoms with Crippen molar-refractivity contribution in [2.24, 2.45) is 0 Å². The van der Waals surface area contributed by atoms with Crippen LogP contribution in [0.15, 0.2) is 54.9 Å². The highest BCUT2D eigenvalue weighted by atomic mass is 19.1. The Labute approximate surface area is 191 Å². The SMILES string of the molecule is Cc1cc(N(Cc2ccc(F)cc2)C(=O)OC(C)(C)C)n2nc(C)c(-c3ccncc3)c2n1. The molecule has 0 aliphatic carbocycles. The van der Waals surface area contributed by atoms with Crippen LogP contribution >= 0.6 is 0 Å². The smallest absolute Gasteiger partial charge is 0.416 e. The lowest BCUT2D eigenvalue weighted by atomic mass is 10.1. The van der Waals surface area contributed by atoms with Gasteiger partial charge in [0.1, 0.15) is 17.2 Å². The van der Waals surface area contributed by atoms with Gasteiger partial charge < -0.3 is 4.74 Å². The van der Waals surface area contributed by atoms with Crippen LogP contribution in [0.5, 0.6) is 0 Å². The van der Waals surface area contributed by atoms with E-state index in [0.717, 1.165) is 28.1 Å². The van der Waals surface area contributed by atoms with E-state index < -0.39 is 11.7 Å². The third-order valence-electron chi connectivity index (χ3n) is 4.99. The molecule has 0 saturated carbocycles. The zero-order valence-electron chi connectivity index (χ0n) is 19.3. The summed E-state index contributed by atoms with van der Waals surface area (Å²) in [5, 5.41) is 4.71. The Morgan fingerprint density at radius 2 is 1.76 bits per heavy atom. The molecule has 8 heteroatoms. The molecule has 0 spiro atoms. The van der Waals surface area contributed by atoms with Crippen molar-refractivity contribution in [3.8, 4) is 11.1 Å². The predicted octanol–water partition coefficient (Wildman–Crippen LogP) is 5.49. The number of fused-ring (bicyclic) bond motifs is 1. The van der Waals surface area contributed by atoms with Crippen LogP contribution in [0.3, 0.4) is 0 Å². The Morgan fingerprint density at radius 3 is 2.39 bits per heavy atom. The Hall–Kier alpha value is -3.81. The third kappa shape index (κ3) is 4.84. The van der Waals surface area contributed by atoms with Gasteiger partial charge in [0, 0.05) is 29.7 Å².